The van der Waals surface area contributed by atoms with Crippen LogP contribution in [-0.4, -0.2) is 63.7 Å². The number of nitrogens with one attached hydrogen (secondary N) is 2. The zero-order valence-corrected chi connectivity index (χ0v) is 23.0. The molecule has 3 aliphatic rings. The van der Waals surface area contributed by atoms with E-state index < -0.39 is 16.1 Å². The van der Waals surface area contributed by atoms with Crippen LogP contribution in [0.25, 0.3) is 11.3 Å². The van der Waals surface area contributed by atoms with E-state index in [0.29, 0.717) is 35.7 Å². The summed E-state index contributed by atoms with van der Waals surface area (Å²) in [5.74, 6) is -0.879. The third kappa shape index (κ3) is 4.49. The van der Waals surface area contributed by atoms with Gasteiger partial charge in [-0.2, -0.15) is 0 Å². The van der Waals surface area contributed by atoms with Gasteiger partial charge in [0.2, 0.25) is 11.5 Å². The van der Waals surface area contributed by atoms with Gasteiger partial charge < -0.3 is 15.7 Å². The second-order valence-electron chi connectivity index (χ2n) is 11.8. The predicted molar refractivity (Wildman–Crippen MR) is 149 cm³/mol. The Morgan fingerprint density at radius 3 is 2.38 bits per heavy atom. The molecule has 39 heavy (non-hydrogen) atoms. The Hall–Kier alpha value is -3.69. The number of carbonyl (C=O) groups excluding carboxylic acids is 2. The number of Topliss-reactive ketones (excluding diaryl/α,β-unsaturated/α-hetero) is 1. The lowest BCUT2D eigenvalue weighted by Gasteiger charge is -2.43. The summed E-state index contributed by atoms with van der Waals surface area (Å²) < 4.78 is -0.414. The molecule has 1 aromatic carbocycles. The summed E-state index contributed by atoms with van der Waals surface area (Å²) in [6, 6.07) is 9.94. The van der Waals surface area contributed by atoms with Gasteiger partial charge in [0.1, 0.15) is 16.9 Å². The summed E-state index contributed by atoms with van der Waals surface area (Å²) in [7, 11) is 0. The summed E-state index contributed by atoms with van der Waals surface area (Å²) in [4.78, 5) is 44.4. The Balaban J connectivity index is 1.57. The number of allylic oxidation sites excluding steroid dienone is 2. The average Bonchev–Trinajstić information content (AvgIpc) is 3.30. The number of piperidine rings is 1. The van der Waals surface area contributed by atoms with Crippen molar-refractivity contribution in [2.45, 2.75) is 58.9 Å². The first-order valence-corrected chi connectivity index (χ1v) is 13.6. The lowest BCUT2D eigenvalue weighted by atomic mass is 9.67. The molecule has 3 N–H and O–H groups in total. The lowest BCUT2D eigenvalue weighted by Crippen LogP contribution is -2.60. The number of quaternary nitrogens is 1. The van der Waals surface area contributed by atoms with Crippen molar-refractivity contribution in [3.05, 3.63) is 58.8 Å². The minimum absolute atomic E-state index is 0.00650. The van der Waals surface area contributed by atoms with Crippen LogP contribution >= 0.6 is 0 Å². The number of pyridine rings is 1. The summed E-state index contributed by atoms with van der Waals surface area (Å²) in [6.07, 6.45) is 4.83. The van der Waals surface area contributed by atoms with Crippen LogP contribution in [-0.2, 0) is 4.79 Å². The van der Waals surface area contributed by atoms with Crippen molar-refractivity contribution in [2.24, 2.45) is 10.5 Å². The van der Waals surface area contributed by atoms with Gasteiger partial charge in [0.15, 0.2) is 0 Å². The molecule has 1 fully saturated rings. The highest BCUT2D eigenvalue weighted by Crippen LogP contribution is 2.50. The van der Waals surface area contributed by atoms with Gasteiger partial charge in [-0.3, -0.25) is 4.79 Å². The van der Waals surface area contributed by atoms with E-state index in [0.717, 1.165) is 43.5 Å². The van der Waals surface area contributed by atoms with E-state index in [2.05, 4.69) is 10.6 Å². The second kappa shape index (κ2) is 9.81. The number of ketones is 1. The van der Waals surface area contributed by atoms with E-state index in [1.54, 1.807) is 30.5 Å². The fourth-order valence-electron chi connectivity index (χ4n) is 6.19. The van der Waals surface area contributed by atoms with Gasteiger partial charge in [-0.1, -0.05) is 21.8 Å². The zero-order valence-electron chi connectivity index (χ0n) is 23.0. The normalized spacial score (nSPS) is 22.2. The lowest BCUT2D eigenvalue weighted by molar-refractivity contribution is -0.860. The Bertz CT molecular complexity index is 1400. The molecule has 2 aliphatic heterocycles. The van der Waals surface area contributed by atoms with Gasteiger partial charge in [-0.05, 0) is 89.7 Å². The minimum atomic E-state index is -0.997. The van der Waals surface area contributed by atoms with Crippen LogP contribution in [0.2, 0.25) is 0 Å². The van der Waals surface area contributed by atoms with Crippen LogP contribution in [0.5, 0.6) is 0 Å². The summed E-state index contributed by atoms with van der Waals surface area (Å²) >= 11 is 0. The predicted octanol–water partition coefficient (Wildman–Crippen LogP) is 4.62. The molecule has 1 aliphatic carbocycles. The molecule has 0 saturated carbocycles. The summed E-state index contributed by atoms with van der Waals surface area (Å²) in [5, 5.41) is 20.7. The highest BCUT2D eigenvalue weighted by Gasteiger charge is 2.61. The topological polar surface area (TPSA) is 121 Å². The number of aromatic carboxylic acids is 1. The molecule has 3 heterocycles. The van der Waals surface area contributed by atoms with Crippen LogP contribution in [0.15, 0.2) is 52.8 Å². The standard InChI is InChI=1S/C30H35N5O4/c1-5-32-26-22(10-11-23(34-26)19-6-8-20(9-7-19)28(38)39)27(37)35(29(2,3)4)25-21(18-33-35)16-30(17-24(25)36)12-14-31-15-13-30/h6-11,18,31H,5,12-17H2,1-4H3,(H-,32,34,37,38,39)/p+1. The van der Waals surface area contributed by atoms with E-state index in [9.17, 15) is 19.5 Å². The molecule has 1 spiro atoms. The smallest absolute Gasteiger partial charge is 0.381 e. The number of benzene rings is 1. The number of aromatic nitrogens is 1. The van der Waals surface area contributed by atoms with Crippen LogP contribution in [0, 0.1) is 5.41 Å². The maximum atomic E-state index is 14.6. The van der Waals surface area contributed by atoms with Crippen molar-refractivity contribution in [1.29, 1.82) is 0 Å². The van der Waals surface area contributed by atoms with Crippen LogP contribution in [0.3, 0.4) is 0 Å². The SMILES string of the molecule is CCNc1nc(-c2ccc(C(=O)O)cc2)ccc1C(=O)[N+]1(C(C)(C)C)N=CC2=C1C(=O)CC1(CCNCC1)C2. The fourth-order valence-corrected chi connectivity index (χ4v) is 6.19. The van der Waals surface area contributed by atoms with Crippen LogP contribution < -0.4 is 10.6 Å². The van der Waals surface area contributed by atoms with E-state index in [1.165, 1.54) is 12.1 Å². The molecule has 1 aromatic heterocycles. The van der Waals surface area contributed by atoms with Crippen molar-refractivity contribution in [1.82, 2.24) is 10.3 Å². The molecule has 1 unspecified atom stereocenters. The molecule has 1 saturated heterocycles. The van der Waals surface area contributed by atoms with Crippen molar-refractivity contribution < 1.29 is 24.1 Å². The Morgan fingerprint density at radius 2 is 1.77 bits per heavy atom. The molecule has 9 nitrogen and oxygen atoms in total. The molecule has 9 heteroatoms. The maximum Gasteiger partial charge on any atom is 0.381 e. The number of carboxylic acids is 1. The quantitative estimate of drug-likeness (QED) is 0.483. The van der Waals surface area contributed by atoms with E-state index in [4.69, 9.17) is 10.1 Å². The number of hydrogen-bond donors (Lipinski definition) is 3. The number of rotatable bonds is 5. The zero-order chi connectivity index (χ0) is 28.0. The number of hydrogen-bond acceptors (Lipinski definition) is 7. The molecule has 1 amide bonds. The first-order chi connectivity index (χ1) is 18.5. The summed E-state index contributed by atoms with van der Waals surface area (Å²) in [6.45, 7) is 10.1. The highest BCUT2D eigenvalue weighted by molar-refractivity contribution is 6.07. The number of carboxylic acid groups (broad SMARTS) is 1. The molecular formula is C30H36N5O4+. The number of amides is 1. The Kier molecular flexibility index (Phi) is 6.76. The van der Waals surface area contributed by atoms with E-state index in [-0.39, 0.29) is 22.7 Å². The number of carbonyl (C=O) groups is 3. The Labute approximate surface area is 228 Å². The van der Waals surface area contributed by atoms with Crippen molar-refractivity contribution in [3.63, 3.8) is 0 Å². The first kappa shape index (κ1) is 26.9. The second-order valence-corrected chi connectivity index (χ2v) is 11.8. The molecule has 1 atom stereocenters. The van der Waals surface area contributed by atoms with Crippen molar-refractivity contribution >= 4 is 29.7 Å². The van der Waals surface area contributed by atoms with E-state index in [1.807, 2.05) is 27.7 Å². The number of anilines is 1. The third-order valence-corrected chi connectivity index (χ3v) is 8.21. The third-order valence-electron chi connectivity index (χ3n) is 8.21. The molecule has 204 valence electrons. The van der Waals surface area contributed by atoms with Gasteiger partial charge >= 0.3 is 11.9 Å². The van der Waals surface area contributed by atoms with Gasteiger partial charge in [0.05, 0.1) is 17.5 Å². The Morgan fingerprint density at radius 1 is 1.08 bits per heavy atom. The average molecular weight is 531 g/mol. The minimum Gasteiger partial charge on any atom is -0.478 e. The summed E-state index contributed by atoms with van der Waals surface area (Å²) in [5.41, 5.74) is 2.48. The van der Waals surface area contributed by atoms with Crippen LogP contribution in [0.4, 0.5) is 5.82 Å². The maximum absolute atomic E-state index is 14.6. The molecular weight excluding hydrogens is 494 g/mol. The molecule has 0 radical (unpaired) electrons. The van der Waals surface area contributed by atoms with Crippen LogP contribution in [0.1, 0.15) is 74.1 Å². The van der Waals surface area contributed by atoms with Gasteiger partial charge in [0.25, 0.3) is 0 Å². The van der Waals surface area contributed by atoms with Crippen molar-refractivity contribution in [2.75, 3.05) is 25.0 Å². The molecule has 5 rings (SSSR count). The number of nitrogens with zero attached hydrogens (tertiary/aromatic N) is 3. The van der Waals surface area contributed by atoms with Gasteiger partial charge in [-0.25, -0.2) is 14.6 Å². The first-order valence-electron chi connectivity index (χ1n) is 13.6. The molecule has 2 aromatic rings. The van der Waals surface area contributed by atoms with Gasteiger partial charge in [0, 0.05) is 24.1 Å². The largest absolute Gasteiger partial charge is 0.478 e. The highest BCUT2D eigenvalue weighted by atomic mass is 16.4. The fraction of sp³-hybridized carbons (Fsp3) is 0.433. The van der Waals surface area contributed by atoms with E-state index >= 15 is 0 Å². The van der Waals surface area contributed by atoms with Gasteiger partial charge in [-0.15, -0.1) is 0 Å². The molecule has 0 bridgehead atoms. The van der Waals surface area contributed by atoms with Crippen molar-refractivity contribution in [3.8, 4) is 11.3 Å². The monoisotopic (exact) mass is 530 g/mol.